The smallest absolute Gasteiger partial charge is 0.255 e. The van der Waals surface area contributed by atoms with Crippen molar-refractivity contribution in [3.05, 3.63) is 24.2 Å². The van der Waals surface area contributed by atoms with Crippen LogP contribution in [-0.4, -0.2) is 47.9 Å². The number of fused-ring (bicyclic) bond motifs is 2. The second-order valence-corrected chi connectivity index (χ2v) is 6.42. The predicted molar refractivity (Wildman–Crippen MR) is 81.4 cm³/mol. The Hall–Kier alpha value is -1.82. The first-order valence-corrected chi connectivity index (χ1v) is 7.90. The van der Waals surface area contributed by atoms with Crippen LogP contribution < -0.4 is 10.6 Å². The minimum absolute atomic E-state index is 0.0388. The lowest BCUT2D eigenvalue weighted by Crippen LogP contribution is -2.53. The van der Waals surface area contributed by atoms with Crippen molar-refractivity contribution in [3.63, 3.8) is 0 Å². The standard InChI is InChI=1S/C16H23N3O3/c1-10(17-15(20)11-5-6-22-9-11)16(21)19(2)14-7-12-3-4-13(8-14)18-12/h5-6,9-10,12-14,18H,3-4,7-8H2,1-2H3,(H,17,20). The summed E-state index contributed by atoms with van der Waals surface area (Å²) >= 11 is 0. The number of amides is 2. The van der Waals surface area contributed by atoms with Crippen molar-refractivity contribution >= 4 is 11.8 Å². The highest BCUT2D eigenvalue weighted by atomic mass is 16.3. The number of likely N-dealkylation sites (N-methyl/N-ethyl adjacent to an activating group) is 1. The molecular weight excluding hydrogens is 282 g/mol. The molecule has 2 bridgehead atoms. The normalized spacial score (nSPS) is 28.2. The van der Waals surface area contributed by atoms with Gasteiger partial charge in [0.05, 0.1) is 11.8 Å². The zero-order valence-corrected chi connectivity index (χ0v) is 13.0. The molecule has 0 aromatic carbocycles. The minimum atomic E-state index is -0.542. The van der Waals surface area contributed by atoms with E-state index in [0.717, 1.165) is 12.8 Å². The topological polar surface area (TPSA) is 74.6 Å². The molecule has 1 aromatic rings. The van der Waals surface area contributed by atoms with Gasteiger partial charge in [0.1, 0.15) is 12.3 Å². The van der Waals surface area contributed by atoms with Crippen LogP contribution in [0.1, 0.15) is 43.0 Å². The quantitative estimate of drug-likeness (QED) is 0.875. The molecule has 2 N–H and O–H groups in total. The van der Waals surface area contributed by atoms with Crippen LogP contribution in [0.25, 0.3) is 0 Å². The average molecular weight is 305 g/mol. The lowest BCUT2D eigenvalue weighted by Gasteiger charge is -2.36. The van der Waals surface area contributed by atoms with E-state index in [0.29, 0.717) is 17.6 Å². The molecule has 3 unspecified atom stereocenters. The highest BCUT2D eigenvalue weighted by molar-refractivity contribution is 5.97. The Morgan fingerprint density at radius 1 is 1.36 bits per heavy atom. The fourth-order valence-corrected chi connectivity index (χ4v) is 3.56. The van der Waals surface area contributed by atoms with Gasteiger partial charge in [-0.25, -0.2) is 0 Å². The molecular formula is C16H23N3O3. The number of furan rings is 1. The third-order valence-electron chi connectivity index (χ3n) is 4.84. The number of carbonyl (C=O) groups is 2. The maximum Gasteiger partial charge on any atom is 0.255 e. The van der Waals surface area contributed by atoms with E-state index in [1.807, 2.05) is 11.9 Å². The van der Waals surface area contributed by atoms with Gasteiger partial charge in [0.15, 0.2) is 0 Å². The molecule has 120 valence electrons. The highest BCUT2D eigenvalue weighted by Gasteiger charge is 2.37. The van der Waals surface area contributed by atoms with Gasteiger partial charge in [-0.05, 0) is 38.7 Å². The number of piperidine rings is 1. The molecule has 0 aliphatic carbocycles. The molecule has 2 aliphatic heterocycles. The van der Waals surface area contributed by atoms with Crippen molar-refractivity contribution in [1.29, 1.82) is 0 Å². The molecule has 0 radical (unpaired) electrons. The molecule has 1 aromatic heterocycles. The summed E-state index contributed by atoms with van der Waals surface area (Å²) in [5, 5.41) is 6.31. The molecule has 3 rings (SSSR count). The minimum Gasteiger partial charge on any atom is -0.472 e. The lowest BCUT2D eigenvalue weighted by atomic mass is 9.98. The Morgan fingerprint density at radius 2 is 2.05 bits per heavy atom. The van der Waals surface area contributed by atoms with Gasteiger partial charge in [-0.15, -0.1) is 0 Å². The van der Waals surface area contributed by atoms with Crippen LogP contribution in [0.15, 0.2) is 23.0 Å². The van der Waals surface area contributed by atoms with Crippen LogP contribution in [0.5, 0.6) is 0 Å². The summed E-state index contributed by atoms with van der Waals surface area (Å²) in [6, 6.07) is 2.38. The number of hydrogen-bond acceptors (Lipinski definition) is 4. The molecule has 2 aliphatic rings. The molecule has 3 atom stereocenters. The van der Waals surface area contributed by atoms with Gasteiger partial charge in [-0.2, -0.15) is 0 Å². The van der Waals surface area contributed by atoms with Crippen molar-refractivity contribution in [3.8, 4) is 0 Å². The zero-order valence-electron chi connectivity index (χ0n) is 13.0. The largest absolute Gasteiger partial charge is 0.472 e. The SMILES string of the molecule is CC(NC(=O)c1ccoc1)C(=O)N(C)C1CC2CCC(C1)N2. The first kappa shape index (κ1) is 15.1. The maximum atomic E-state index is 12.5. The Kier molecular flexibility index (Phi) is 4.20. The van der Waals surface area contributed by atoms with Crippen molar-refractivity contribution < 1.29 is 14.0 Å². The number of hydrogen-bond donors (Lipinski definition) is 2. The summed E-state index contributed by atoms with van der Waals surface area (Å²) in [4.78, 5) is 26.3. The molecule has 2 fully saturated rings. The molecule has 0 spiro atoms. The summed E-state index contributed by atoms with van der Waals surface area (Å²) < 4.78 is 4.89. The lowest BCUT2D eigenvalue weighted by molar-refractivity contribution is -0.134. The van der Waals surface area contributed by atoms with Gasteiger partial charge in [-0.3, -0.25) is 9.59 Å². The van der Waals surface area contributed by atoms with Crippen LogP contribution in [0.4, 0.5) is 0 Å². The van der Waals surface area contributed by atoms with Crippen molar-refractivity contribution in [2.45, 2.75) is 56.8 Å². The second kappa shape index (κ2) is 6.12. The van der Waals surface area contributed by atoms with Crippen LogP contribution >= 0.6 is 0 Å². The summed E-state index contributed by atoms with van der Waals surface area (Å²) in [5.41, 5.74) is 0.433. The van der Waals surface area contributed by atoms with Crippen molar-refractivity contribution in [1.82, 2.24) is 15.5 Å². The van der Waals surface area contributed by atoms with Gasteiger partial charge in [0.2, 0.25) is 5.91 Å². The van der Waals surface area contributed by atoms with Crippen LogP contribution in [-0.2, 0) is 4.79 Å². The van der Waals surface area contributed by atoms with E-state index in [1.54, 1.807) is 13.0 Å². The third kappa shape index (κ3) is 3.02. The van der Waals surface area contributed by atoms with E-state index in [4.69, 9.17) is 4.42 Å². The van der Waals surface area contributed by atoms with Crippen LogP contribution in [0.3, 0.4) is 0 Å². The molecule has 0 saturated carbocycles. The molecule has 2 amide bonds. The summed E-state index contributed by atoms with van der Waals surface area (Å²) in [6.07, 6.45) is 7.23. The third-order valence-corrected chi connectivity index (χ3v) is 4.84. The highest BCUT2D eigenvalue weighted by Crippen LogP contribution is 2.29. The Morgan fingerprint density at radius 3 is 2.64 bits per heavy atom. The van der Waals surface area contributed by atoms with Crippen molar-refractivity contribution in [2.24, 2.45) is 0 Å². The van der Waals surface area contributed by atoms with Gasteiger partial charge < -0.3 is 20.0 Å². The van der Waals surface area contributed by atoms with E-state index in [1.165, 1.54) is 25.4 Å². The summed E-state index contributed by atoms with van der Waals surface area (Å²) in [5.74, 6) is -0.323. The summed E-state index contributed by atoms with van der Waals surface area (Å²) in [7, 11) is 1.85. The number of nitrogens with one attached hydrogen (secondary N) is 2. The van der Waals surface area contributed by atoms with Crippen LogP contribution in [0.2, 0.25) is 0 Å². The Bertz CT molecular complexity index is 531. The van der Waals surface area contributed by atoms with E-state index in [9.17, 15) is 9.59 Å². The number of carbonyl (C=O) groups excluding carboxylic acids is 2. The molecule has 22 heavy (non-hydrogen) atoms. The predicted octanol–water partition coefficient (Wildman–Crippen LogP) is 1.14. The van der Waals surface area contributed by atoms with E-state index < -0.39 is 6.04 Å². The first-order chi connectivity index (χ1) is 10.5. The molecule has 2 saturated heterocycles. The average Bonchev–Trinajstić information content (AvgIpc) is 3.15. The Labute approximate surface area is 130 Å². The van der Waals surface area contributed by atoms with E-state index >= 15 is 0 Å². The van der Waals surface area contributed by atoms with Gasteiger partial charge in [-0.1, -0.05) is 0 Å². The van der Waals surface area contributed by atoms with Crippen LogP contribution in [0, 0.1) is 0 Å². The molecule has 6 nitrogen and oxygen atoms in total. The molecule has 6 heteroatoms. The van der Waals surface area contributed by atoms with Gasteiger partial charge in [0, 0.05) is 25.2 Å². The fourth-order valence-electron chi connectivity index (χ4n) is 3.56. The zero-order chi connectivity index (χ0) is 15.7. The Balaban J connectivity index is 1.57. The van der Waals surface area contributed by atoms with Gasteiger partial charge >= 0.3 is 0 Å². The first-order valence-electron chi connectivity index (χ1n) is 7.90. The monoisotopic (exact) mass is 305 g/mol. The number of rotatable bonds is 4. The van der Waals surface area contributed by atoms with E-state index in [2.05, 4.69) is 10.6 Å². The summed E-state index contributed by atoms with van der Waals surface area (Å²) in [6.45, 7) is 1.73. The van der Waals surface area contributed by atoms with E-state index in [-0.39, 0.29) is 17.9 Å². The fraction of sp³-hybridized carbons (Fsp3) is 0.625. The second-order valence-electron chi connectivity index (χ2n) is 6.42. The van der Waals surface area contributed by atoms with Gasteiger partial charge in [0.25, 0.3) is 5.91 Å². The van der Waals surface area contributed by atoms with Crippen molar-refractivity contribution in [2.75, 3.05) is 7.05 Å². The number of nitrogens with zero attached hydrogens (tertiary/aromatic N) is 1. The maximum absolute atomic E-state index is 12.5. The molecule has 3 heterocycles.